The fourth-order valence-corrected chi connectivity index (χ4v) is 2.49. The SMILES string of the molecule is O=C(CNc1ccc(Cl)cc1Br)N/N=C/c1ccc(O)cc1O. The number of hydrogen-bond acceptors (Lipinski definition) is 5. The van der Waals surface area contributed by atoms with E-state index in [1.807, 2.05) is 0 Å². The van der Waals surface area contributed by atoms with Crippen LogP contribution in [0.1, 0.15) is 5.56 Å². The summed E-state index contributed by atoms with van der Waals surface area (Å²) in [6.45, 7) is 0.0130. The minimum absolute atomic E-state index is 0.0130. The van der Waals surface area contributed by atoms with Gasteiger partial charge in [0.15, 0.2) is 0 Å². The van der Waals surface area contributed by atoms with Crippen molar-refractivity contribution in [3.8, 4) is 11.5 Å². The zero-order chi connectivity index (χ0) is 16.8. The first kappa shape index (κ1) is 17.1. The van der Waals surface area contributed by atoms with Crippen molar-refractivity contribution in [3.63, 3.8) is 0 Å². The van der Waals surface area contributed by atoms with Gasteiger partial charge in [-0.2, -0.15) is 5.10 Å². The van der Waals surface area contributed by atoms with Crippen LogP contribution in [-0.4, -0.2) is 28.9 Å². The molecule has 0 saturated carbocycles. The van der Waals surface area contributed by atoms with E-state index in [2.05, 4.69) is 31.8 Å². The molecule has 23 heavy (non-hydrogen) atoms. The molecule has 0 atom stereocenters. The van der Waals surface area contributed by atoms with Gasteiger partial charge in [-0.3, -0.25) is 4.79 Å². The van der Waals surface area contributed by atoms with Crippen molar-refractivity contribution in [1.29, 1.82) is 0 Å². The Hall–Kier alpha value is -2.25. The molecule has 2 aromatic rings. The van der Waals surface area contributed by atoms with Gasteiger partial charge in [0.05, 0.1) is 12.8 Å². The van der Waals surface area contributed by atoms with E-state index in [0.717, 1.165) is 10.2 Å². The lowest BCUT2D eigenvalue weighted by molar-refractivity contribution is -0.119. The monoisotopic (exact) mass is 397 g/mol. The van der Waals surface area contributed by atoms with Crippen LogP contribution in [0.5, 0.6) is 11.5 Å². The van der Waals surface area contributed by atoms with E-state index in [9.17, 15) is 15.0 Å². The van der Waals surface area contributed by atoms with Crippen molar-refractivity contribution in [3.05, 3.63) is 51.5 Å². The van der Waals surface area contributed by atoms with Crippen molar-refractivity contribution < 1.29 is 15.0 Å². The Morgan fingerprint density at radius 3 is 2.74 bits per heavy atom. The number of carbonyl (C=O) groups is 1. The smallest absolute Gasteiger partial charge is 0.259 e. The summed E-state index contributed by atoms with van der Waals surface area (Å²) in [5, 5.41) is 26.0. The van der Waals surface area contributed by atoms with Crippen LogP contribution in [0.2, 0.25) is 5.02 Å². The molecule has 2 rings (SSSR count). The normalized spacial score (nSPS) is 10.7. The number of benzene rings is 2. The molecule has 0 aliphatic heterocycles. The Bertz CT molecular complexity index is 753. The number of nitrogens with one attached hydrogen (secondary N) is 2. The Balaban J connectivity index is 1.86. The number of phenolic OH excluding ortho intramolecular Hbond substituents is 2. The number of aromatic hydroxyl groups is 2. The molecule has 6 nitrogen and oxygen atoms in total. The average molecular weight is 399 g/mol. The molecule has 4 N–H and O–H groups in total. The number of nitrogens with zero attached hydrogens (tertiary/aromatic N) is 1. The maximum absolute atomic E-state index is 11.7. The summed E-state index contributed by atoms with van der Waals surface area (Å²) in [6, 6.07) is 9.23. The van der Waals surface area contributed by atoms with E-state index in [-0.39, 0.29) is 24.0 Å². The molecule has 0 aliphatic carbocycles. The number of hydrazone groups is 1. The quantitative estimate of drug-likeness (QED) is 0.460. The van der Waals surface area contributed by atoms with Gasteiger partial charge in [-0.25, -0.2) is 5.43 Å². The molecule has 0 radical (unpaired) electrons. The molecular formula is C15H13BrClN3O3. The van der Waals surface area contributed by atoms with E-state index in [4.69, 9.17) is 11.6 Å². The summed E-state index contributed by atoms with van der Waals surface area (Å²) in [5.41, 5.74) is 3.43. The van der Waals surface area contributed by atoms with E-state index < -0.39 is 0 Å². The lowest BCUT2D eigenvalue weighted by atomic mass is 10.2. The topological polar surface area (TPSA) is 94.0 Å². The first-order valence-electron chi connectivity index (χ1n) is 6.48. The van der Waals surface area contributed by atoms with Gasteiger partial charge < -0.3 is 15.5 Å². The molecule has 2 aromatic carbocycles. The number of phenols is 2. The molecule has 0 aliphatic rings. The number of amides is 1. The van der Waals surface area contributed by atoms with Crippen LogP contribution in [0.15, 0.2) is 46.0 Å². The maximum atomic E-state index is 11.7. The second kappa shape index (κ2) is 7.85. The first-order chi connectivity index (χ1) is 11.0. The molecule has 0 fully saturated rings. The van der Waals surface area contributed by atoms with Crippen LogP contribution in [0, 0.1) is 0 Å². The third kappa shape index (κ3) is 5.15. The van der Waals surface area contributed by atoms with Gasteiger partial charge in [0.2, 0.25) is 0 Å². The summed E-state index contributed by atoms with van der Waals surface area (Å²) in [4.78, 5) is 11.7. The Labute approximate surface area is 145 Å². The highest BCUT2D eigenvalue weighted by atomic mass is 79.9. The van der Waals surface area contributed by atoms with Gasteiger partial charge in [-0.15, -0.1) is 0 Å². The average Bonchev–Trinajstić information content (AvgIpc) is 2.48. The molecule has 120 valence electrons. The van der Waals surface area contributed by atoms with Crippen LogP contribution in [0.25, 0.3) is 0 Å². The van der Waals surface area contributed by atoms with Crippen LogP contribution in [-0.2, 0) is 4.79 Å². The van der Waals surface area contributed by atoms with E-state index in [1.165, 1.54) is 24.4 Å². The summed E-state index contributed by atoms with van der Waals surface area (Å²) in [7, 11) is 0. The highest BCUT2D eigenvalue weighted by Crippen LogP contribution is 2.25. The largest absolute Gasteiger partial charge is 0.508 e. The van der Waals surface area contributed by atoms with E-state index >= 15 is 0 Å². The fraction of sp³-hybridized carbons (Fsp3) is 0.0667. The summed E-state index contributed by atoms with van der Waals surface area (Å²) in [6.07, 6.45) is 1.28. The lowest BCUT2D eigenvalue weighted by Gasteiger charge is -2.07. The van der Waals surface area contributed by atoms with Crippen molar-refractivity contribution >= 4 is 45.3 Å². The number of rotatable bonds is 5. The van der Waals surface area contributed by atoms with Crippen LogP contribution < -0.4 is 10.7 Å². The van der Waals surface area contributed by atoms with Gasteiger partial charge in [0.25, 0.3) is 5.91 Å². The number of halogens is 2. The van der Waals surface area contributed by atoms with Crippen molar-refractivity contribution in [2.24, 2.45) is 5.10 Å². The Kier molecular flexibility index (Phi) is 5.84. The van der Waals surface area contributed by atoms with Crippen molar-refractivity contribution in [2.45, 2.75) is 0 Å². The zero-order valence-electron chi connectivity index (χ0n) is 11.8. The molecule has 0 bridgehead atoms. The zero-order valence-corrected chi connectivity index (χ0v) is 14.1. The van der Waals surface area contributed by atoms with Crippen LogP contribution >= 0.6 is 27.5 Å². The standard InChI is InChI=1S/C15H13BrClN3O3/c16-12-5-10(17)2-4-13(12)18-8-15(23)20-19-7-9-1-3-11(21)6-14(9)22/h1-7,18,21-22H,8H2,(H,20,23)/b19-7+. The van der Waals surface area contributed by atoms with Crippen LogP contribution in [0.4, 0.5) is 5.69 Å². The third-order valence-electron chi connectivity index (χ3n) is 2.78. The number of anilines is 1. The number of carbonyl (C=O) groups excluding carboxylic acids is 1. The van der Waals surface area contributed by atoms with Crippen LogP contribution in [0.3, 0.4) is 0 Å². The molecule has 0 aromatic heterocycles. The van der Waals surface area contributed by atoms with E-state index in [1.54, 1.807) is 18.2 Å². The van der Waals surface area contributed by atoms with Gasteiger partial charge >= 0.3 is 0 Å². The summed E-state index contributed by atoms with van der Waals surface area (Å²) in [5.74, 6) is -0.547. The molecule has 0 saturated heterocycles. The van der Waals surface area contributed by atoms with Gasteiger partial charge in [0, 0.05) is 26.8 Å². The second-order valence-corrected chi connectivity index (χ2v) is 5.80. The van der Waals surface area contributed by atoms with Crippen molar-refractivity contribution in [1.82, 2.24) is 5.43 Å². The number of hydrogen-bond donors (Lipinski definition) is 4. The maximum Gasteiger partial charge on any atom is 0.259 e. The van der Waals surface area contributed by atoms with Gasteiger partial charge in [0.1, 0.15) is 11.5 Å². The third-order valence-corrected chi connectivity index (χ3v) is 3.67. The second-order valence-electron chi connectivity index (χ2n) is 4.51. The Morgan fingerprint density at radius 1 is 1.26 bits per heavy atom. The molecule has 0 heterocycles. The summed E-state index contributed by atoms with van der Waals surface area (Å²) < 4.78 is 0.746. The Morgan fingerprint density at radius 2 is 2.04 bits per heavy atom. The highest BCUT2D eigenvalue weighted by molar-refractivity contribution is 9.10. The van der Waals surface area contributed by atoms with Crippen molar-refractivity contribution in [2.75, 3.05) is 11.9 Å². The summed E-state index contributed by atoms with van der Waals surface area (Å²) >= 11 is 9.17. The highest BCUT2D eigenvalue weighted by Gasteiger charge is 2.04. The molecule has 8 heteroatoms. The van der Waals surface area contributed by atoms with Gasteiger partial charge in [-0.1, -0.05) is 11.6 Å². The predicted molar refractivity (Wildman–Crippen MR) is 93.2 cm³/mol. The molecular weight excluding hydrogens is 386 g/mol. The molecule has 1 amide bonds. The van der Waals surface area contributed by atoms with Gasteiger partial charge in [-0.05, 0) is 46.3 Å². The fourth-order valence-electron chi connectivity index (χ4n) is 1.66. The molecule has 0 spiro atoms. The lowest BCUT2D eigenvalue weighted by Crippen LogP contribution is -2.26. The van der Waals surface area contributed by atoms with E-state index in [0.29, 0.717) is 10.6 Å². The minimum atomic E-state index is -0.360. The molecule has 0 unspecified atom stereocenters. The first-order valence-corrected chi connectivity index (χ1v) is 7.65. The minimum Gasteiger partial charge on any atom is -0.508 e. The predicted octanol–water partition coefficient (Wildman–Crippen LogP) is 3.08.